The Morgan fingerprint density at radius 3 is 2.41 bits per heavy atom. The average molecular weight is 396 g/mol. The van der Waals surface area contributed by atoms with E-state index in [1.165, 1.54) is 4.90 Å². The van der Waals surface area contributed by atoms with Crippen molar-refractivity contribution in [3.05, 3.63) is 65.7 Å². The van der Waals surface area contributed by atoms with Gasteiger partial charge in [0.2, 0.25) is 0 Å². The lowest BCUT2D eigenvalue weighted by molar-refractivity contribution is -0.140. The maximum Gasteiger partial charge on any atom is 0.408 e. The molecule has 2 amide bonds. The number of carboxylic acid groups (broad SMARTS) is 1. The van der Waals surface area contributed by atoms with Gasteiger partial charge in [-0.15, -0.1) is 0 Å². The van der Waals surface area contributed by atoms with Crippen LogP contribution in [0.5, 0.6) is 0 Å². The third-order valence-electron chi connectivity index (χ3n) is 5.14. The molecule has 0 aromatic heterocycles. The van der Waals surface area contributed by atoms with E-state index in [2.05, 4.69) is 5.32 Å². The summed E-state index contributed by atoms with van der Waals surface area (Å²) in [5.41, 5.74) is 2.19. The van der Waals surface area contributed by atoms with Crippen molar-refractivity contribution in [1.29, 1.82) is 0 Å². The van der Waals surface area contributed by atoms with Crippen LogP contribution < -0.4 is 10.2 Å². The lowest BCUT2D eigenvalue weighted by atomic mass is 9.97. The Hall–Kier alpha value is -3.35. The van der Waals surface area contributed by atoms with Gasteiger partial charge in [-0.1, -0.05) is 62.4 Å². The van der Waals surface area contributed by atoms with Crippen molar-refractivity contribution in [3.8, 4) is 0 Å². The van der Waals surface area contributed by atoms with Crippen molar-refractivity contribution in [3.63, 3.8) is 0 Å². The first-order valence-corrected chi connectivity index (χ1v) is 9.56. The minimum atomic E-state index is -1.08. The number of ether oxygens (including phenoxy) is 1. The zero-order chi connectivity index (χ0) is 21.0. The highest BCUT2D eigenvalue weighted by Crippen LogP contribution is 2.41. The summed E-state index contributed by atoms with van der Waals surface area (Å²) in [6.07, 6.45) is -0.417. The summed E-state index contributed by atoms with van der Waals surface area (Å²) in [6.45, 7) is 3.62. The molecule has 0 saturated carbocycles. The third kappa shape index (κ3) is 4.23. The molecule has 0 aliphatic carbocycles. The number of nitrogens with one attached hydrogen (secondary N) is 1. The Bertz CT molecular complexity index is 899. The van der Waals surface area contributed by atoms with Crippen LogP contribution in [0.25, 0.3) is 0 Å². The Kier molecular flexibility index (Phi) is 6.16. The van der Waals surface area contributed by atoms with Crippen LogP contribution in [0.2, 0.25) is 0 Å². The van der Waals surface area contributed by atoms with Gasteiger partial charge < -0.3 is 15.2 Å². The second-order valence-corrected chi connectivity index (χ2v) is 7.01. The first-order chi connectivity index (χ1) is 13.9. The molecule has 0 fully saturated rings. The van der Waals surface area contributed by atoms with Gasteiger partial charge in [0.15, 0.2) is 0 Å². The largest absolute Gasteiger partial charge is 0.480 e. The van der Waals surface area contributed by atoms with E-state index in [-0.39, 0.29) is 12.5 Å². The lowest BCUT2D eigenvalue weighted by Gasteiger charge is -2.28. The summed E-state index contributed by atoms with van der Waals surface area (Å²) in [7, 11) is 0. The number of amides is 2. The molecule has 7 nitrogen and oxygen atoms in total. The van der Waals surface area contributed by atoms with E-state index in [4.69, 9.17) is 4.74 Å². The molecule has 2 aromatic rings. The number of aliphatic carboxylic acids is 1. The molecule has 152 valence electrons. The molecule has 0 bridgehead atoms. The Morgan fingerprint density at radius 1 is 1.10 bits per heavy atom. The molecule has 0 saturated heterocycles. The maximum atomic E-state index is 13.2. The predicted octanol–water partition coefficient (Wildman–Crippen LogP) is 3.29. The van der Waals surface area contributed by atoms with Gasteiger partial charge >= 0.3 is 12.1 Å². The van der Waals surface area contributed by atoms with Gasteiger partial charge in [-0.3, -0.25) is 9.69 Å². The number of carbonyl (C=O) groups is 3. The smallest absolute Gasteiger partial charge is 0.408 e. The molecule has 1 aliphatic heterocycles. The average Bonchev–Trinajstić information content (AvgIpc) is 3.03. The second-order valence-electron chi connectivity index (χ2n) is 7.01. The number of hydrogen-bond acceptors (Lipinski definition) is 4. The van der Waals surface area contributed by atoms with Gasteiger partial charge in [-0.2, -0.15) is 0 Å². The zero-order valence-electron chi connectivity index (χ0n) is 16.4. The van der Waals surface area contributed by atoms with Crippen LogP contribution in [0.3, 0.4) is 0 Å². The van der Waals surface area contributed by atoms with E-state index in [0.29, 0.717) is 12.1 Å². The molecule has 7 heteroatoms. The topological polar surface area (TPSA) is 95.9 Å². The van der Waals surface area contributed by atoms with Crippen LogP contribution in [0.15, 0.2) is 54.6 Å². The number of alkyl carbamates (subject to hydrolysis) is 1. The van der Waals surface area contributed by atoms with Crippen LogP contribution >= 0.6 is 0 Å². The monoisotopic (exact) mass is 396 g/mol. The van der Waals surface area contributed by atoms with Crippen LogP contribution in [-0.4, -0.2) is 35.2 Å². The van der Waals surface area contributed by atoms with Gasteiger partial charge in [0, 0.05) is 11.6 Å². The lowest BCUT2D eigenvalue weighted by Crippen LogP contribution is -2.53. The van der Waals surface area contributed by atoms with Crippen molar-refractivity contribution in [2.24, 2.45) is 0 Å². The van der Waals surface area contributed by atoms with E-state index in [1.54, 1.807) is 26.0 Å². The molecular weight excluding hydrogens is 372 g/mol. The molecule has 3 atom stereocenters. The quantitative estimate of drug-likeness (QED) is 0.781. The van der Waals surface area contributed by atoms with Gasteiger partial charge in [0.1, 0.15) is 18.7 Å². The molecule has 0 radical (unpaired) electrons. The summed E-state index contributed by atoms with van der Waals surface area (Å²) in [5.74, 6) is -1.90. The van der Waals surface area contributed by atoms with Gasteiger partial charge in [0.05, 0.1) is 0 Å². The summed E-state index contributed by atoms with van der Waals surface area (Å²) in [5, 5.41) is 12.3. The normalized spacial score (nSPS) is 18.6. The van der Waals surface area contributed by atoms with Crippen molar-refractivity contribution in [2.45, 2.75) is 44.9 Å². The Balaban J connectivity index is 1.74. The summed E-state index contributed by atoms with van der Waals surface area (Å²) >= 11 is 0. The van der Waals surface area contributed by atoms with Crippen molar-refractivity contribution in [1.82, 2.24) is 5.32 Å². The minimum absolute atomic E-state index is 0.0820. The number of hydrogen-bond donors (Lipinski definition) is 2. The highest BCUT2D eigenvalue weighted by Gasteiger charge is 2.45. The van der Waals surface area contributed by atoms with Gasteiger partial charge in [-0.05, 0) is 23.6 Å². The fourth-order valence-corrected chi connectivity index (χ4v) is 3.63. The number of nitrogens with zero attached hydrogens (tertiary/aromatic N) is 1. The van der Waals surface area contributed by atoms with E-state index in [9.17, 15) is 19.5 Å². The summed E-state index contributed by atoms with van der Waals surface area (Å²) in [4.78, 5) is 38.6. The number of carbonyl (C=O) groups excluding carboxylic acids is 2. The number of rotatable bonds is 6. The zero-order valence-corrected chi connectivity index (χ0v) is 16.4. The fraction of sp³-hybridized carbons (Fsp3) is 0.318. The number of anilines is 1. The molecule has 2 N–H and O–H groups in total. The van der Waals surface area contributed by atoms with Crippen molar-refractivity contribution < 1.29 is 24.2 Å². The Labute approximate surface area is 169 Å². The van der Waals surface area contributed by atoms with Crippen molar-refractivity contribution in [2.75, 3.05) is 4.90 Å². The Morgan fingerprint density at radius 2 is 1.76 bits per heavy atom. The van der Waals surface area contributed by atoms with E-state index in [1.807, 2.05) is 42.5 Å². The SMILES string of the molecule is CC[C@H](NC(=O)OCc1ccccc1)C(=O)N1c2ccccc2[C@@H](C)[C@H]1C(=O)O. The van der Waals surface area contributed by atoms with Crippen LogP contribution in [0, 0.1) is 0 Å². The first-order valence-electron chi connectivity index (χ1n) is 9.56. The molecule has 0 unspecified atom stereocenters. The molecule has 1 aliphatic rings. The molecule has 29 heavy (non-hydrogen) atoms. The highest BCUT2D eigenvalue weighted by atomic mass is 16.5. The predicted molar refractivity (Wildman–Crippen MR) is 108 cm³/mol. The van der Waals surface area contributed by atoms with Crippen LogP contribution in [0.4, 0.5) is 10.5 Å². The van der Waals surface area contributed by atoms with Crippen LogP contribution in [-0.2, 0) is 20.9 Å². The maximum absolute atomic E-state index is 13.2. The third-order valence-corrected chi connectivity index (χ3v) is 5.14. The summed E-state index contributed by atoms with van der Waals surface area (Å²) < 4.78 is 5.20. The van der Waals surface area contributed by atoms with Gasteiger partial charge in [-0.25, -0.2) is 9.59 Å². The molecule has 0 spiro atoms. The number of fused-ring (bicyclic) bond motifs is 1. The highest BCUT2D eigenvalue weighted by molar-refractivity contribution is 6.05. The molecular formula is C22H24N2O5. The minimum Gasteiger partial charge on any atom is -0.480 e. The number of benzene rings is 2. The molecule has 1 heterocycles. The van der Waals surface area contributed by atoms with E-state index < -0.39 is 30.1 Å². The van der Waals surface area contributed by atoms with Gasteiger partial charge in [0.25, 0.3) is 5.91 Å². The fourth-order valence-electron chi connectivity index (χ4n) is 3.63. The molecule has 3 rings (SSSR count). The van der Waals surface area contributed by atoms with E-state index >= 15 is 0 Å². The number of carboxylic acids is 1. The van der Waals surface area contributed by atoms with Crippen LogP contribution in [0.1, 0.15) is 37.3 Å². The summed E-state index contributed by atoms with van der Waals surface area (Å²) in [6, 6.07) is 14.4. The van der Waals surface area contributed by atoms with Crippen molar-refractivity contribution >= 4 is 23.7 Å². The second kappa shape index (κ2) is 8.77. The first kappa shape index (κ1) is 20.4. The standard InChI is InChI=1S/C22H24N2O5/c1-3-17(23-22(28)29-13-15-9-5-4-6-10-15)20(25)24-18-12-8-7-11-16(18)14(2)19(24)21(26)27/h4-12,14,17,19H,3,13H2,1-2H3,(H,23,28)(H,26,27)/t14-,17+,19+/m1/s1. The number of para-hydroxylation sites is 1. The molecule has 2 aromatic carbocycles. The van der Waals surface area contributed by atoms with E-state index in [0.717, 1.165) is 11.1 Å².